The highest BCUT2D eigenvalue weighted by atomic mass is 16.5. The van der Waals surface area contributed by atoms with Gasteiger partial charge in [0.05, 0.1) is 16.7 Å². The highest BCUT2D eigenvalue weighted by molar-refractivity contribution is 6.10. The van der Waals surface area contributed by atoms with Crippen LogP contribution in [0, 0.1) is 20.8 Å². The van der Waals surface area contributed by atoms with E-state index in [1.165, 1.54) is 49.7 Å². The standard InChI is InChI=1S/C44H45N3O/c1-26-14-17-34-35(20-26)43(7,8)25-40-44(34,9)46-41(48-40)33-24-38(28(3)21-27(33)2)47-37-13-11-10-12-31(37)32-16-15-29(22-39(32)47)36-23-30(18-19-45-36)42(4,5)6/h10-24,40H,25H2,1-9H3/t40-,44+/m0/s1. The lowest BCUT2D eigenvalue weighted by molar-refractivity contribution is 0.0971. The van der Waals surface area contributed by atoms with Crippen molar-refractivity contribution in [2.24, 2.45) is 4.99 Å². The van der Waals surface area contributed by atoms with Gasteiger partial charge in [0, 0.05) is 33.8 Å². The van der Waals surface area contributed by atoms with Crippen molar-refractivity contribution in [3.05, 3.63) is 130 Å². The maximum absolute atomic E-state index is 6.89. The van der Waals surface area contributed by atoms with Gasteiger partial charge in [0.25, 0.3) is 0 Å². The predicted molar refractivity (Wildman–Crippen MR) is 200 cm³/mol. The smallest absolute Gasteiger partial charge is 0.217 e. The van der Waals surface area contributed by atoms with Crippen LogP contribution in [0.1, 0.15) is 86.9 Å². The molecule has 4 aromatic carbocycles. The van der Waals surface area contributed by atoms with Crippen LogP contribution in [0.5, 0.6) is 0 Å². The molecule has 0 spiro atoms. The number of ether oxygens (including phenoxy) is 1. The molecule has 0 saturated heterocycles. The number of hydrogen-bond donors (Lipinski definition) is 0. The maximum atomic E-state index is 6.89. The zero-order chi connectivity index (χ0) is 33.7. The van der Waals surface area contributed by atoms with Crippen molar-refractivity contribution in [2.45, 2.75) is 91.2 Å². The first-order valence-electron chi connectivity index (χ1n) is 17.2. The Morgan fingerprint density at radius 2 is 1.54 bits per heavy atom. The Hall–Kier alpha value is -4.70. The highest BCUT2D eigenvalue weighted by Crippen LogP contribution is 2.51. The van der Waals surface area contributed by atoms with Crippen LogP contribution in [0.4, 0.5) is 0 Å². The Morgan fingerprint density at radius 1 is 0.771 bits per heavy atom. The first kappa shape index (κ1) is 30.6. The van der Waals surface area contributed by atoms with E-state index in [4.69, 9.17) is 14.7 Å². The molecular formula is C44H45N3O. The number of rotatable bonds is 3. The molecule has 8 rings (SSSR count). The van der Waals surface area contributed by atoms with Crippen LogP contribution in [0.2, 0.25) is 0 Å². The molecule has 0 N–H and O–H groups in total. The first-order chi connectivity index (χ1) is 22.7. The molecular weight excluding hydrogens is 587 g/mol. The Bertz CT molecular complexity index is 2310. The molecule has 0 fully saturated rings. The number of pyridine rings is 1. The fourth-order valence-corrected chi connectivity index (χ4v) is 8.15. The monoisotopic (exact) mass is 631 g/mol. The molecule has 48 heavy (non-hydrogen) atoms. The topological polar surface area (TPSA) is 39.4 Å². The Labute approximate surface area is 284 Å². The lowest BCUT2D eigenvalue weighted by Gasteiger charge is -2.43. The van der Waals surface area contributed by atoms with Gasteiger partial charge in [-0.1, -0.05) is 94.8 Å². The highest BCUT2D eigenvalue weighted by Gasteiger charge is 2.52. The number of aryl methyl sites for hydroxylation is 3. The minimum Gasteiger partial charge on any atom is -0.471 e. The van der Waals surface area contributed by atoms with E-state index >= 15 is 0 Å². The molecule has 1 aliphatic heterocycles. The lowest BCUT2D eigenvalue weighted by atomic mass is 9.64. The first-order valence-corrected chi connectivity index (χ1v) is 17.2. The number of fused-ring (bicyclic) bond motifs is 6. The SMILES string of the molecule is Cc1ccc2c(c1)C(C)(C)C[C@@H]1OC(c3cc(-n4c5ccccc5c5ccc(-c6cc(C(C)(C)C)ccn6)cc54)c(C)cc3C)=N[C@]21C. The van der Waals surface area contributed by atoms with Crippen molar-refractivity contribution in [3.63, 3.8) is 0 Å². The van der Waals surface area contributed by atoms with E-state index in [0.29, 0.717) is 0 Å². The third kappa shape index (κ3) is 4.63. The number of nitrogens with zero attached hydrogens (tertiary/aromatic N) is 3. The molecule has 2 atom stereocenters. The summed E-state index contributed by atoms with van der Waals surface area (Å²) < 4.78 is 9.32. The molecule has 2 aliphatic rings. The second-order valence-electron chi connectivity index (χ2n) is 16.0. The van der Waals surface area contributed by atoms with Gasteiger partial charge in [-0.3, -0.25) is 4.98 Å². The van der Waals surface area contributed by atoms with Crippen LogP contribution in [0.25, 0.3) is 38.8 Å². The number of aliphatic imine (C=N–C) groups is 1. The molecule has 242 valence electrons. The summed E-state index contributed by atoms with van der Waals surface area (Å²) in [6.45, 7) is 20.3. The van der Waals surface area contributed by atoms with Gasteiger partial charge in [-0.05, 0) is 103 Å². The zero-order valence-corrected chi connectivity index (χ0v) is 29.7. The van der Waals surface area contributed by atoms with Crippen molar-refractivity contribution < 1.29 is 4.74 Å². The predicted octanol–water partition coefficient (Wildman–Crippen LogP) is 10.8. The van der Waals surface area contributed by atoms with E-state index in [9.17, 15) is 0 Å². The number of para-hydroxylation sites is 1. The molecule has 4 heteroatoms. The molecule has 2 aromatic heterocycles. The summed E-state index contributed by atoms with van der Waals surface area (Å²) in [5.41, 5.74) is 13.9. The summed E-state index contributed by atoms with van der Waals surface area (Å²) in [6, 6.07) is 31.3. The van der Waals surface area contributed by atoms with Gasteiger partial charge in [-0.2, -0.15) is 0 Å². The number of hydrogen-bond acceptors (Lipinski definition) is 3. The van der Waals surface area contributed by atoms with Gasteiger partial charge in [0.1, 0.15) is 11.6 Å². The maximum Gasteiger partial charge on any atom is 0.217 e. The van der Waals surface area contributed by atoms with Gasteiger partial charge in [0.2, 0.25) is 5.90 Å². The Kier molecular flexibility index (Phi) is 6.63. The molecule has 4 nitrogen and oxygen atoms in total. The summed E-state index contributed by atoms with van der Waals surface area (Å²) in [5.74, 6) is 0.745. The number of benzene rings is 4. The number of aromatic nitrogens is 2. The Balaban J connectivity index is 1.31. The van der Waals surface area contributed by atoms with Gasteiger partial charge >= 0.3 is 0 Å². The average molecular weight is 632 g/mol. The van der Waals surface area contributed by atoms with Gasteiger partial charge in [-0.15, -0.1) is 0 Å². The van der Waals surface area contributed by atoms with Crippen LogP contribution in [0.3, 0.4) is 0 Å². The fraction of sp³-hybridized carbons (Fsp3) is 0.318. The van der Waals surface area contributed by atoms with Crippen molar-refractivity contribution >= 4 is 27.7 Å². The van der Waals surface area contributed by atoms with E-state index in [2.05, 4.69) is 152 Å². The van der Waals surface area contributed by atoms with Gasteiger partial charge in [0.15, 0.2) is 0 Å². The summed E-state index contributed by atoms with van der Waals surface area (Å²) in [6.07, 6.45) is 2.84. The molecule has 6 aromatic rings. The summed E-state index contributed by atoms with van der Waals surface area (Å²) >= 11 is 0. The second kappa shape index (κ2) is 10.4. The molecule has 0 saturated carbocycles. The molecule has 1 aliphatic carbocycles. The van der Waals surface area contributed by atoms with Crippen molar-refractivity contribution in [2.75, 3.05) is 0 Å². The van der Waals surface area contributed by atoms with E-state index in [1.54, 1.807) is 0 Å². The van der Waals surface area contributed by atoms with Gasteiger partial charge < -0.3 is 9.30 Å². The van der Waals surface area contributed by atoms with Crippen LogP contribution in [0.15, 0.2) is 96.1 Å². The summed E-state index contributed by atoms with van der Waals surface area (Å²) in [7, 11) is 0. The van der Waals surface area contributed by atoms with E-state index < -0.39 is 5.54 Å². The minimum absolute atomic E-state index is 0.00587. The summed E-state index contributed by atoms with van der Waals surface area (Å²) in [4.78, 5) is 10.3. The lowest BCUT2D eigenvalue weighted by Crippen LogP contribution is -2.44. The fourth-order valence-electron chi connectivity index (χ4n) is 8.15. The van der Waals surface area contributed by atoms with E-state index in [0.717, 1.165) is 40.3 Å². The third-order valence-electron chi connectivity index (χ3n) is 11.0. The molecule has 0 unspecified atom stereocenters. The largest absolute Gasteiger partial charge is 0.471 e. The third-order valence-corrected chi connectivity index (χ3v) is 11.0. The van der Waals surface area contributed by atoms with Crippen LogP contribution < -0.4 is 0 Å². The van der Waals surface area contributed by atoms with Crippen LogP contribution in [-0.4, -0.2) is 21.6 Å². The van der Waals surface area contributed by atoms with Crippen LogP contribution in [-0.2, 0) is 21.1 Å². The van der Waals surface area contributed by atoms with E-state index in [1.807, 2.05) is 6.20 Å². The zero-order valence-electron chi connectivity index (χ0n) is 29.7. The van der Waals surface area contributed by atoms with Crippen molar-refractivity contribution in [1.29, 1.82) is 0 Å². The molecule has 0 radical (unpaired) electrons. The second-order valence-corrected chi connectivity index (χ2v) is 16.0. The quantitative estimate of drug-likeness (QED) is 0.195. The van der Waals surface area contributed by atoms with Crippen molar-refractivity contribution in [3.8, 4) is 16.9 Å². The molecule has 3 heterocycles. The average Bonchev–Trinajstić information content (AvgIpc) is 3.55. The minimum atomic E-state index is -0.429. The Morgan fingerprint density at radius 3 is 2.33 bits per heavy atom. The van der Waals surface area contributed by atoms with E-state index in [-0.39, 0.29) is 16.9 Å². The van der Waals surface area contributed by atoms with Gasteiger partial charge in [-0.25, -0.2) is 4.99 Å². The summed E-state index contributed by atoms with van der Waals surface area (Å²) in [5, 5.41) is 2.46. The molecule has 0 bridgehead atoms. The van der Waals surface area contributed by atoms with Crippen LogP contribution >= 0.6 is 0 Å². The molecule has 0 amide bonds. The normalized spacial score (nSPS) is 20.0. The van der Waals surface area contributed by atoms with Crippen molar-refractivity contribution in [1.82, 2.24) is 9.55 Å².